The quantitative estimate of drug-likeness (QED) is 0.357. The van der Waals surface area contributed by atoms with Gasteiger partial charge in [0.1, 0.15) is 18.2 Å². The molecular weight excluding hydrogens is 351 g/mol. The number of hydrogen-bond acceptors (Lipinski definition) is 5. The highest BCUT2D eigenvalue weighted by molar-refractivity contribution is 5.80. The summed E-state index contributed by atoms with van der Waals surface area (Å²) in [6.07, 6.45) is 2.01. The monoisotopic (exact) mass is 369 g/mol. The Morgan fingerprint density at radius 1 is 1.04 bits per heavy atom. The highest BCUT2D eigenvalue weighted by atomic mass is 19.3. The highest BCUT2D eigenvalue weighted by Gasteiger charge is 2.10. The minimum absolute atomic E-state index is 0.0569. The molecule has 2 aromatic rings. The van der Waals surface area contributed by atoms with Gasteiger partial charge in [0.2, 0.25) is 0 Å². The highest BCUT2D eigenvalue weighted by Crippen LogP contribution is 2.28. The summed E-state index contributed by atoms with van der Waals surface area (Å²) in [4.78, 5) is 5.10. The van der Waals surface area contributed by atoms with Crippen molar-refractivity contribution < 1.29 is 32.2 Å². The van der Waals surface area contributed by atoms with Crippen molar-refractivity contribution in [2.24, 2.45) is 5.16 Å². The number of halogens is 3. The van der Waals surface area contributed by atoms with Gasteiger partial charge in [-0.25, -0.2) is 4.39 Å². The Morgan fingerprint density at radius 3 is 2.50 bits per heavy atom. The van der Waals surface area contributed by atoms with Gasteiger partial charge >= 0.3 is 6.61 Å². The summed E-state index contributed by atoms with van der Waals surface area (Å²) >= 11 is 0. The van der Waals surface area contributed by atoms with Crippen LogP contribution in [0.3, 0.4) is 0 Å². The predicted molar refractivity (Wildman–Crippen MR) is 89.7 cm³/mol. The molecule has 0 saturated carbocycles. The summed E-state index contributed by atoms with van der Waals surface area (Å²) < 4.78 is 52.0. The van der Waals surface area contributed by atoms with E-state index >= 15 is 0 Å². The maximum absolute atomic E-state index is 12.7. The van der Waals surface area contributed by atoms with Crippen molar-refractivity contribution in [1.82, 2.24) is 0 Å². The normalized spacial score (nSPS) is 11.0. The van der Waals surface area contributed by atoms with E-state index in [1.165, 1.54) is 37.6 Å². The molecule has 0 aliphatic carbocycles. The Morgan fingerprint density at radius 2 is 1.81 bits per heavy atom. The first-order chi connectivity index (χ1) is 12.6. The van der Waals surface area contributed by atoms with Crippen LogP contribution in [-0.2, 0) is 4.84 Å². The van der Waals surface area contributed by atoms with Gasteiger partial charge in [-0.05, 0) is 42.5 Å². The van der Waals surface area contributed by atoms with Crippen molar-refractivity contribution in [2.45, 2.75) is 13.0 Å². The number of benzene rings is 2. The summed E-state index contributed by atoms with van der Waals surface area (Å²) in [5.41, 5.74) is 0.603. The molecule has 5 nitrogen and oxygen atoms in total. The van der Waals surface area contributed by atoms with Crippen molar-refractivity contribution >= 4 is 6.21 Å². The average molecular weight is 369 g/mol. The van der Waals surface area contributed by atoms with Crippen LogP contribution in [0.2, 0.25) is 0 Å². The van der Waals surface area contributed by atoms with Gasteiger partial charge in [0, 0.05) is 12.0 Å². The van der Waals surface area contributed by atoms with Gasteiger partial charge in [-0.2, -0.15) is 8.78 Å². The molecule has 140 valence electrons. The molecule has 0 spiro atoms. The molecule has 2 rings (SSSR count). The number of hydrogen-bond donors (Lipinski definition) is 0. The van der Waals surface area contributed by atoms with Crippen LogP contribution in [0.15, 0.2) is 47.6 Å². The van der Waals surface area contributed by atoms with Crippen LogP contribution >= 0.6 is 0 Å². The third-order valence-electron chi connectivity index (χ3n) is 3.14. The number of oxime groups is 1. The first-order valence-corrected chi connectivity index (χ1v) is 7.75. The molecule has 26 heavy (non-hydrogen) atoms. The lowest BCUT2D eigenvalue weighted by Crippen LogP contribution is -2.04. The lowest BCUT2D eigenvalue weighted by molar-refractivity contribution is -0.0512. The number of methoxy groups -OCH3 is 1. The molecule has 0 amide bonds. The summed E-state index contributed by atoms with van der Waals surface area (Å²) in [5, 5.41) is 3.79. The van der Waals surface area contributed by atoms with Gasteiger partial charge in [0.25, 0.3) is 0 Å². The van der Waals surface area contributed by atoms with E-state index in [4.69, 9.17) is 14.3 Å². The van der Waals surface area contributed by atoms with Gasteiger partial charge in [0.15, 0.2) is 11.5 Å². The van der Waals surface area contributed by atoms with E-state index in [2.05, 4.69) is 9.89 Å². The summed E-state index contributed by atoms with van der Waals surface area (Å²) in [6.45, 7) is -2.21. The van der Waals surface area contributed by atoms with Crippen LogP contribution in [0, 0.1) is 5.82 Å². The first-order valence-electron chi connectivity index (χ1n) is 7.75. The van der Waals surface area contributed by atoms with Crippen molar-refractivity contribution in [3.8, 4) is 17.2 Å². The van der Waals surface area contributed by atoms with E-state index in [1.807, 2.05) is 0 Å². The van der Waals surface area contributed by atoms with E-state index in [0.29, 0.717) is 30.9 Å². The molecule has 2 aromatic carbocycles. The van der Waals surface area contributed by atoms with E-state index in [1.54, 1.807) is 18.2 Å². The molecule has 0 aromatic heterocycles. The fourth-order valence-corrected chi connectivity index (χ4v) is 1.95. The van der Waals surface area contributed by atoms with E-state index in [-0.39, 0.29) is 17.3 Å². The summed E-state index contributed by atoms with van der Waals surface area (Å²) in [7, 11) is 1.35. The second kappa shape index (κ2) is 10.2. The second-order valence-electron chi connectivity index (χ2n) is 5.01. The van der Waals surface area contributed by atoms with Crippen LogP contribution in [0.1, 0.15) is 12.0 Å². The number of ether oxygens (including phenoxy) is 3. The minimum atomic E-state index is -2.93. The molecule has 0 bridgehead atoms. The SMILES string of the molecule is COc1cc(/C=N/OCCCOc2ccc(F)cc2)ccc1OC(F)F. The Bertz CT molecular complexity index is 708. The van der Waals surface area contributed by atoms with Gasteiger partial charge in [-0.3, -0.25) is 0 Å². The van der Waals surface area contributed by atoms with Crippen LogP contribution in [0.4, 0.5) is 13.2 Å². The number of rotatable bonds is 10. The topological polar surface area (TPSA) is 49.3 Å². The van der Waals surface area contributed by atoms with Crippen LogP contribution in [0.25, 0.3) is 0 Å². The van der Waals surface area contributed by atoms with Crippen molar-refractivity contribution in [2.75, 3.05) is 20.3 Å². The van der Waals surface area contributed by atoms with Crippen molar-refractivity contribution in [3.63, 3.8) is 0 Å². The maximum Gasteiger partial charge on any atom is 0.387 e. The molecular formula is C18H18F3NO4. The largest absolute Gasteiger partial charge is 0.493 e. The van der Waals surface area contributed by atoms with Gasteiger partial charge < -0.3 is 19.0 Å². The molecule has 0 aliphatic rings. The molecule has 0 fully saturated rings. The average Bonchev–Trinajstić information content (AvgIpc) is 2.63. The fraction of sp³-hybridized carbons (Fsp3) is 0.278. The minimum Gasteiger partial charge on any atom is -0.493 e. The molecule has 0 N–H and O–H groups in total. The molecule has 0 atom stereocenters. The fourth-order valence-electron chi connectivity index (χ4n) is 1.95. The van der Waals surface area contributed by atoms with Crippen molar-refractivity contribution in [1.29, 1.82) is 0 Å². The Balaban J connectivity index is 1.71. The molecule has 0 aliphatic heterocycles. The lowest BCUT2D eigenvalue weighted by Gasteiger charge is -2.09. The second-order valence-corrected chi connectivity index (χ2v) is 5.01. The molecule has 0 unspecified atom stereocenters. The summed E-state index contributed by atoms with van der Waals surface area (Å²) in [5.74, 6) is 0.369. The maximum atomic E-state index is 12.7. The van der Waals surface area contributed by atoms with Crippen LogP contribution in [0.5, 0.6) is 17.2 Å². The third kappa shape index (κ3) is 6.54. The van der Waals surface area contributed by atoms with E-state index in [9.17, 15) is 13.2 Å². The zero-order valence-corrected chi connectivity index (χ0v) is 14.0. The van der Waals surface area contributed by atoms with Crippen LogP contribution in [-0.4, -0.2) is 33.1 Å². The molecule has 0 radical (unpaired) electrons. The Labute approximate surface area is 148 Å². The van der Waals surface area contributed by atoms with Crippen molar-refractivity contribution in [3.05, 3.63) is 53.8 Å². The van der Waals surface area contributed by atoms with E-state index in [0.717, 1.165) is 0 Å². The smallest absolute Gasteiger partial charge is 0.387 e. The number of nitrogens with zero attached hydrogens (tertiary/aromatic N) is 1. The first kappa shape index (κ1) is 19.4. The van der Waals surface area contributed by atoms with Crippen LogP contribution < -0.4 is 14.2 Å². The zero-order chi connectivity index (χ0) is 18.8. The summed E-state index contributed by atoms with van der Waals surface area (Å²) in [6, 6.07) is 10.1. The Hall–Kier alpha value is -2.90. The van der Waals surface area contributed by atoms with Gasteiger partial charge in [0.05, 0.1) is 19.9 Å². The standard InChI is InChI=1S/C18H18F3NO4/c1-23-17-11-13(3-8-16(17)26-18(20)21)12-22-25-10-2-9-24-15-6-4-14(19)5-7-15/h3-8,11-12,18H,2,9-10H2,1H3/b22-12+. The van der Waals surface area contributed by atoms with E-state index < -0.39 is 6.61 Å². The zero-order valence-electron chi connectivity index (χ0n) is 14.0. The Kier molecular flexibility index (Phi) is 7.60. The third-order valence-corrected chi connectivity index (χ3v) is 3.14. The number of alkyl halides is 2. The predicted octanol–water partition coefficient (Wildman–Crippen LogP) is 4.26. The van der Waals surface area contributed by atoms with Gasteiger partial charge in [-0.15, -0.1) is 0 Å². The lowest BCUT2D eigenvalue weighted by atomic mass is 10.2. The molecule has 0 heterocycles. The molecule has 0 saturated heterocycles. The van der Waals surface area contributed by atoms with Gasteiger partial charge in [-0.1, -0.05) is 5.16 Å². The molecule has 8 heteroatoms.